The highest BCUT2D eigenvalue weighted by atomic mass is 16.7. The summed E-state index contributed by atoms with van der Waals surface area (Å²) in [6.07, 6.45) is 1.05. The summed E-state index contributed by atoms with van der Waals surface area (Å²) in [7, 11) is 0. The summed E-state index contributed by atoms with van der Waals surface area (Å²) in [5.41, 5.74) is 3.34. The lowest BCUT2D eigenvalue weighted by Crippen LogP contribution is -2.37. The summed E-state index contributed by atoms with van der Waals surface area (Å²) < 4.78 is 22.5. The maximum absolute atomic E-state index is 6.20. The average molecular weight is 412 g/mol. The van der Waals surface area contributed by atoms with Gasteiger partial charge >= 0.3 is 0 Å². The Morgan fingerprint density at radius 3 is 2.87 bits per heavy atom. The van der Waals surface area contributed by atoms with Crippen molar-refractivity contribution >= 4 is 5.96 Å². The van der Waals surface area contributed by atoms with Crippen molar-refractivity contribution in [2.75, 3.05) is 26.6 Å². The van der Waals surface area contributed by atoms with Crippen molar-refractivity contribution in [1.82, 2.24) is 10.6 Å². The Bertz CT molecular complexity index is 894. The van der Waals surface area contributed by atoms with E-state index in [4.69, 9.17) is 23.9 Å². The fourth-order valence-corrected chi connectivity index (χ4v) is 3.43. The Labute approximate surface area is 177 Å². The zero-order chi connectivity index (χ0) is 20.8. The average Bonchev–Trinajstić information content (AvgIpc) is 3.42. The molecule has 0 amide bonds. The van der Waals surface area contributed by atoms with Crippen molar-refractivity contribution in [3.63, 3.8) is 0 Å². The highest BCUT2D eigenvalue weighted by molar-refractivity contribution is 5.79. The van der Waals surface area contributed by atoms with Crippen molar-refractivity contribution in [3.05, 3.63) is 53.1 Å². The molecule has 7 heteroatoms. The maximum atomic E-state index is 6.20. The summed E-state index contributed by atoms with van der Waals surface area (Å²) in [6.45, 7) is 7.77. The number of benzene rings is 2. The van der Waals surface area contributed by atoms with Crippen LogP contribution < -0.4 is 24.8 Å². The molecule has 160 valence electrons. The molecule has 0 aliphatic carbocycles. The van der Waals surface area contributed by atoms with E-state index in [1.54, 1.807) is 0 Å². The number of hydrogen-bond donors (Lipinski definition) is 2. The monoisotopic (exact) mass is 411 g/mol. The molecular formula is C23H29N3O4. The molecule has 7 nitrogen and oxygen atoms in total. The molecule has 4 rings (SSSR count). The second kappa shape index (κ2) is 9.71. The summed E-state index contributed by atoms with van der Waals surface area (Å²) in [5, 5.41) is 6.72. The molecule has 1 atom stereocenters. The van der Waals surface area contributed by atoms with E-state index in [9.17, 15) is 0 Å². The number of ether oxygens (including phenoxy) is 4. The standard InChI is InChI=1S/C23H29N3O4/c1-3-24-23(25-12-17-5-7-20-22(11-17)29-15-28-20)26-13-18-6-4-16(2)10-21(18)30-19-8-9-27-14-19/h4-7,10-11,19H,3,8-9,12-15H2,1-2H3,(H2,24,25,26). The zero-order valence-electron chi connectivity index (χ0n) is 17.6. The fourth-order valence-electron chi connectivity index (χ4n) is 3.43. The molecule has 0 aromatic heterocycles. The molecule has 1 saturated heterocycles. The minimum absolute atomic E-state index is 0.124. The van der Waals surface area contributed by atoms with Gasteiger partial charge in [-0.1, -0.05) is 18.2 Å². The van der Waals surface area contributed by atoms with E-state index in [0.29, 0.717) is 19.7 Å². The van der Waals surface area contributed by atoms with Gasteiger partial charge in [-0.05, 0) is 43.2 Å². The van der Waals surface area contributed by atoms with Crippen LogP contribution in [0.1, 0.15) is 30.0 Å². The van der Waals surface area contributed by atoms with E-state index in [1.165, 1.54) is 5.56 Å². The van der Waals surface area contributed by atoms with Crippen LogP contribution in [0.25, 0.3) is 0 Å². The van der Waals surface area contributed by atoms with Gasteiger partial charge < -0.3 is 29.6 Å². The molecule has 30 heavy (non-hydrogen) atoms. The van der Waals surface area contributed by atoms with Crippen LogP contribution in [-0.4, -0.2) is 38.6 Å². The van der Waals surface area contributed by atoms with Crippen LogP contribution in [-0.2, 0) is 17.8 Å². The Balaban J connectivity index is 1.41. The third kappa shape index (κ3) is 5.16. The lowest BCUT2D eigenvalue weighted by atomic mass is 10.1. The number of aryl methyl sites for hydroxylation is 1. The van der Waals surface area contributed by atoms with Gasteiger partial charge in [-0.15, -0.1) is 0 Å². The van der Waals surface area contributed by atoms with E-state index in [2.05, 4.69) is 42.7 Å². The first-order valence-electron chi connectivity index (χ1n) is 10.5. The molecular weight excluding hydrogens is 382 g/mol. The van der Waals surface area contributed by atoms with Gasteiger partial charge in [0.05, 0.1) is 19.8 Å². The van der Waals surface area contributed by atoms with Gasteiger partial charge in [-0.3, -0.25) is 0 Å². The van der Waals surface area contributed by atoms with E-state index in [-0.39, 0.29) is 12.9 Å². The molecule has 2 aromatic carbocycles. The number of nitrogens with zero attached hydrogens (tertiary/aromatic N) is 1. The van der Waals surface area contributed by atoms with Crippen LogP contribution in [0, 0.1) is 6.92 Å². The third-order valence-electron chi connectivity index (χ3n) is 5.05. The molecule has 2 aromatic rings. The first-order valence-corrected chi connectivity index (χ1v) is 10.5. The van der Waals surface area contributed by atoms with Crippen LogP contribution in [0.3, 0.4) is 0 Å². The van der Waals surface area contributed by atoms with Crippen molar-refractivity contribution in [1.29, 1.82) is 0 Å². The Morgan fingerprint density at radius 1 is 1.13 bits per heavy atom. The number of nitrogens with one attached hydrogen (secondary N) is 2. The minimum atomic E-state index is 0.124. The van der Waals surface area contributed by atoms with Gasteiger partial charge in [0.25, 0.3) is 0 Å². The zero-order valence-corrected chi connectivity index (χ0v) is 17.6. The van der Waals surface area contributed by atoms with Gasteiger partial charge in [0.15, 0.2) is 17.5 Å². The number of fused-ring (bicyclic) bond motifs is 1. The predicted octanol–water partition coefficient (Wildman–Crippen LogP) is 3.15. The lowest BCUT2D eigenvalue weighted by Gasteiger charge is -2.18. The molecule has 0 spiro atoms. The second-order valence-electron chi connectivity index (χ2n) is 7.45. The first kappa shape index (κ1) is 20.3. The smallest absolute Gasteiger partial charge is 0.231 e. The van der Waals surface area contributed by atoms with Gasteiger partial charge in [0.2, 0.25) is 6.79 Å². The van der Waals surface area contributed by atoms with E-state index in [1.807, 2.05) is 18.2 Å². The summed E-state index contributed by atoms with van der Waals surface area (Å²) in [4.78, 5) is 4.71. The molecule has 2 heterocycles. The molecule has 2 aliphatic rings. The molecule has 1 fully saturated rings. The van der Waals surface area contributed by atoms with Crippen LogP contribution >= 0.6 is 0 Å². The highest BCUT2D eigenvalue weighted by Gasteiger charge is 2.19. The molecule has 2 aliphatic heterocycles. The topological polar surface area (TPSA) is 73.3 Å². The van der Waals surface area contributed by atoms with Crippen molar-refractivity contribution in [2.45, 2.75) is 39.5 Å². The van der Waals surface area contributed by atoms with Gasteiger partial charge in [0.1, 0.15) is 11.9 Å². The second-order valence-corrected chi connectivity index (χ2v) is 7.45. The summed E-state index contributed by atoms with van der Waals surface area (Å²) >= 11 is 0. The predicted molar refractivity (Wildman–Crippen MR) is 115 cm³/mol. The molecule has 0 bridgehead atoms. The first-order chi connectivity index (χ1) is 14.7. The van der Waals surface area contributed by atoms with Crippen LogP contribution in [0.5, 0.6) is 17.2 Å². The summed E-state index contributed by atoms with van der Waals surface area (Å²) in [5.74, 6) is 3.22. The quantitative estimate of drug-likeness (QED) is 0.539. The SMILES string of the molecule is CCNC(=NCc1ccc2c(c1)OCO2)NCc1ccc(C)cc1OC1CCOC1. The lowest BCUT2D eigenvalue weighted by molar-refractivity contribution is 0.140. The number of rotatable bonds is 7. The summed E-state index contributed by atoms with van der Waals surface area (Å²) in [6, 6.07) is 12.2. The molecule has 0 radical (unpaired) electrons. The number of guanidine groups is 1. The van der Waals surface area contributed by atoms with Crippen molar-refractivity contribution < 1.29 is 18.9 Å². The third-order valence-corrected chi connectivity index (χ3v) is 5.05. The van der Waals surface area contributed by atoms with Gasteiger partial charge in [-0.2, -0.15) is 0 Å². The van der Waals surface area contributed by atoms with Crippen LogP contribution in [0.15, 0.2) is 41.4 Å². The maximum Gasteiger partial charge on any atom is 0.231 e. The largest absolute Gasteiger partial charge is 0.488 e. The molecule has 1 unspecified atom stereocenters. The highest BCUT2D eigenvalue weighted by Crippen LogP contribution is 2.32. The Hall–Kier alpha value is -2.93. The molecule has 2 N–H and O–H groups in total. The van der Waals surface area contributed by atoms with Gasteiger partial charge in [-0.25, -0.2) is 4.99 Å². The Morgan fingerprint density at radius 2 is 2.03 bits per heavy atom. The number of hydrogen-bond acceptors (Lipinski definition) is 5. The van der Waals surface area contributed by atoms with E-state index >= 15 is 0 Å². The van der Waals surface area contributed by atoms with Crippen LogP contribution in [0.2, 0.25) is 0 Å². The van der Waals surface area contributed by atoms with E-state index in [0.717, 1.165) is 53.9 Å². The van der Waals surface area contributed by atoms with Crippen molar-refractivity contribution in [2.24, 2.45) is 4.99 Å². The number of aliphatic imine (C=N–C) groups is 1. The van der Waals surface area contributed by atoms with Crippen molar-refractivity contribution in [3.8, 4) is 17.2 Å². The Kier molecular flexibility index (Phi) is 6.59. The van der Waals surface area contributed by atoms with Crippen LogP contribution in [0.4, 0.5) is 0 Å². The fraction of sp³-hybridized carbons (Fsp3) is 0.435. The normalized spacial score (nSPS) is 17.8. The molecule has 0 saturated carbocycles. The van der Waals surface area contributed by atoms with Gasteiger partial charge in [0, 0.05) is 25.1 Å². The van der Waals surface area contributed by atoms with E-state index < -0.39 is 0 Å². The minimum Gasteiger partial charge on any atom is -0.488 e.